The number of carboxylic acid groups (broad SMARTS) is 1. The van der Waals surface area contributed by atoms with Gasteiger partial charge in [-0.25, -0.2) is 4.39 Å². The number of aromatic nitrogens is 1. The molecule has 0 saturated carbocycles. The van der Waals surface area contributed by atoms with E-state index in [1.807, 2.05) is 55.7 Å². The van der Waals surface area contributed by atoms with Crippen molar-refractivity contribution in [2.24, 2.45) is 17.1 Å². The molecule has 14 heteroatoms. The van der Waals surface area contributed by atoms with Crippen LogP contribution in [0.1, 0.15) is 64.8 Å². The number of hydrogen-bond donors (Lipinski definition) is 4. The molecule has 264 valence electrons. The summed E-state index contributed by atoms with van der Waals surface area (Å²) < 4.78 is 32.5. The van der Waals surface area contributed by atoms with Gasteiger partial charge in [-0.15, -0.1) is 0 Å². The zero-order chi connectivity index (χ0) is 36.7. The summed E-state index contributed by atoms with van der Waals surface area (Å²) in [6, 6.07) is 12.6. The first-order valence-corrected chi connectivity index (χ1v) is 18.4. The predicted octanol–water partition coefficient (Wildman–Crippen LogP) is 1.21. The van der Waals surface area contributed by atoms with Gasteiger partial charge in [-0.1, -0.05) is 6.07 Å². The number of nitrogens with one attached hydrogen (secondary N) is 1. The summed E-state index contributed by atoms with van der Waals surface area (Å²) >= 11 is 0.826. The topological polar surface area (TPSA) is 155 Å². The number of carboxylic acids is 1. The van der Waals surface area contributed by atoms with Crippen LogP contribution in [0.4, 0.5) is 8.78 Å². The Hall–Kier alpha value is -3.16. The normalized spacial score (nSPS) is 13.8. The van der Waals surface area contributed by atoms with Crippen LogP contribution in [0.3, 0.4) is 0 Å². The van der Waals surface area contributed by atoms with Crippen LogP contribution in [0.5, 0.6) is 0 Å². The second-order valence-corrected chi connectivity index (χ2v) is 17.3. The summed E-state index contributed by atoms with van der Waals surface area (Å²) in [6.45, 7) is 8.58. The van der Waals surface area contributed by atoms with Gasteiger partial charge in [0.2, 0.25) is 0 Å². The number of nitrogens with zero attached hydrogens (tertiary/aromatic N) is 2. The van der Waals surface area contributed by atoms with E-state index in [2.05, 4.69) is 19.8 Å². The van der Waals surface area contributed by atoms with Crippen molar-refractivity contribution >= 4 is 37.9 Å². The van der Waals surface area contributed by atoms with Crippen molar-refractivity contribution in [3.8, 4) is 11.1 Å². The van der Waals surface area contributed by atoms with Crippen molar-refractivity contribution in [3.63, 3.8) is 0 Å². The summed E-state index contributed by atoms with van der Waals surface area (Å²) in [6.07, 6.45) is 1.41. The van der Waals surface area contributed by atoms with Gasteiger partial charge in [-0.05, 0) is 6.07 Å². The molecule has 3 aromatic rings. The first kappa shape index (κ1) is 40.3. The first-order chi connectivity index (χ1) is 22.8. The predicted molar refractivity (Wildman–Crippen MR) is 178 cm³/mol. The van der Waals surface area contributed by atoms with Crippen molar-refractivity contribution in [2.45, 2.75) is 70.4 Å². The SMILES string of the molecule is C[C](C)([Al])C(CC(=O)N[I-]C(=O)[C@@H](N)CCN(C(=O)CO)[C@@H](c1cc(-c2cc(F)ccc2F)cn1Cc1ccccc1)C(C)(C)C)C(=O)O. The molecule has 2 aromatic carbocycles. The number of hydrogen-bond acceptors (Lipinski definition) is 6. The van der Waals surface area contributed by atoms with E-state index in [0.717, 1.165) is 23.8 Å². The second kappa shape index (κ2) is 17.2. The molecule has 0 fully saturated rings. The Morgan fingerprint density at radius 2 is 1.69 bits per heavy atom. The van der Waals surface area contributed by atoms with Crippen LogP contribution >= 0.6 is 0 Å². The molecule has 1 aromatic heterocycles. The van der Waals surface area contributed by atoms with E-state index < -0.39 is 89.0 Å². The summed E-state index contributed by atoms with van der Waals surface area (Å²) in [5.41, 5.74) is 7.57. The average Bonchev–Trinajstić information content (AvgIpc) is 3.42. The van der Waals surface area contributed by atoms with Gasteiger partial charge in [0.25, 0.3) is 0 Å². The number of rotatable bonds is 16. The molecule has 49 heavy (non-hydrogen) atoms. The molecular weight excluding hydrogens is 764 g/mol. The Kier molecular flexibility index (Phi) is 14.1. The zero-order valence-electron chi connectivity index (χ0n) is 28.3. The van der Waals surface area contributed by atoms with Crippen molar-refractivity contribution < 1.29 is 59.7 Å². The Balaban J connectivity index is 1.91. The van der Waals surface area contributed by atoms with Crippen LogP contribution in [-0.2, 0) is 25.7 Å². The molecule has 0 bridgehead atoms. The molecule has 3 atom stereocenters. The van der Waals surface area contributed by atoms with Crippen LogP contribution in [-0.4, -0.2) is 76.7 Å². The van der Waals surface area contributed by atoms with Gasteiger partial charge >= 0.3 is 289 Å². The zero-order valence-corrected chi connectivity index (χ0v) is 31.6. The molecule has 1 heterocycles. The van der Waals surface area contributed by atoms with Gasteiger partial charge in [0.05, 0.1) is 0 Å². The number of nitrogens with two attached hydrogens (primary N) is 1. The van der Waals surface area contributed by atoms with Crippen LogP contribution in [0, 0.1) is 23.0 Å². The van der Waals surface area contributed by atoms with E-state index in [0.29, 0.717) is 17.8 Å². The van der Waals surface area contributed by atoms with Gasteiger partial charge in [0.1, 0.15) is 0 Å². The molecule has 5 N–H and O–H groups in total. The number of aliphatic hydroxyl groups is 1. The molecule has 0 saturated heterocycles. The molecule has 0 aliphatic rings. The fourth-order valence-corrected chi connectivity index (χ4v) is 7.31. The molecular formula is C35H43AlF2IN4O6-. The van der Waals surface area contributed by atoms with Gasteiger partial charge in [-0.3, -0.25) is 0 Å². The number of aliphatic hydroxyl groups excluding tert-OH is 1. The molecule has 0 aliphatic heterocycles. The molecule has 0 spiro atoms. The Morgan fingerprint density at radius 1 is 1.04 bits per heavy atom. The number of aliphatic carboxylic acids is 1. The standard InChI is InChI=1S/C35H43F2IN4O6.Al/c1-21(2)25(34(47)48)17-30(44)40-38-33(46)28(39)13-14-42(31(45)20-43)32(35(3,4)5)29-15-23(26-16-24(36)11-12-27(26)37)19-41(29)18-22-9-7-6-8-10-22;/h6-12,15-16,19,25,28,32,43H,13-14,17-18,20,39H2,1-5H3,(H,40,44)(H,47,48);/q-1;/t25?,28-,32-;/m0./s1. The fourth-order valence-electron chi connectivity index (χ4n) is 5.55. The minimum absolute atomic E-state index is 0.00784. The fraction of sp³-hybridized carbons (Fsp3) is 0.429. The number of halogens is 3. The van der Waals surface area contributed by atoms with E-state index in [1.54, 1.807) is 26.1 Å². The summed E-state index contributed by atoms with van der Waals surface area (Å²) in [7, 11) is 0. The first-order valence-electron chi connectivity index (χ1n) is 15.7. The summed E-state index contributed by atoms with van der Waals surface area (Å²) in [5.74, 6) is -4.50. The quantitative estimate of drug-likeness (QED) is 0.0735. The van der Waals surface area contributed by atoms with Gasteiger partial charge < -0.3 is 0 Å². The maximum absolute atomic E-state index is 15.0. The molecule has 2 radical (unpaired) electrons. The van der Waals surface area contributed by atoms with Gasteiger partial charge in [0, 0.05) is 0 Å². The van der Waals surface area contributed by atoms with E-state index in [4.69, 9.17) is 5.73 Å². The maximum atomic E-state index is 15.0. The third-order valence-electron chi connectivity index (χ3n) is 8.04. The third kappa shape index (κ3) is 11.2. The monoisotopic (exact) mass is 807 g/mol. The van der Waals surface area contributed by atoms with Crippen molar-refractivity contribution in [1.29, 1.82) is 0 Å². The molecule has 1 unspecified atom stereocenters. The Morgan fingerprint density at radius 3 is 2.27 bits per heavy atom. The van der Waals surface area contributed by atoms with Crippen molar-refractivity contribution in [1.82, 2.24) is 13.0 Å². The number of carbonyl (C=O) groups excluding carboxylic acids is 3. The van der Waals surface area contributed by atoms with Crippen LogP contribution in [0.25, 0.3) is 11.1 Å². The van der Waals surface area contributed by atoms with Crippen molar-refractivity contribution in [2.75, 3.05) is 13.2 Å². The number of benzene rings is 2. The molecule has 2 amide bonds. The van der Waals surface area contributed by atoms with E-state index in [1.165, 1.54) is 4.90 Å². The van der Waals surface area contributed by atoms with Gasteiger partial charge in [0.15, 0.2) is 0 Å². The van der Waals surface area contributed by atoms with Crippen LogP contribution < -0.4 is 30.7 Å². The second-order valence-electron chi connectivity index (χ2n) is 13.6. The van der Waals surface area contributed by atoms with Crippen LogP contribution in [0.15, 0.2) is 60.8 Å². The molecule has 3 rings (SSSR count). The van der Waals surface area contributed by atoms with Crippen LogP contribution in [0.2, 0.25) is 4.28 Å². The molecule has 10 nitrogen and oxygen atoms in total. The van der Waals surface area contributed by atoms with E-state index in [9.17, 15) is 38.2 Å². The number of amides is 2. The Labute approximate surface area is 304 Å². The number of carbonyl (C=O) groups is 4. The summed E-state index contributed by atoms with van der Waals surface area (Å²) in [4.78, 5) is 52.0. The minimum atomic E-state index is -1.59. The van der Waals surface area contributed by atoms with Gasteiger partial charge in [-0.2, -0.15) is 0 Å². The Bertz CT molecular complexity index is 1640. The summed E-state index contributed by atoms with van der Waals surface area (Å²) in [5, 5.41) is 19.6. The van der Waals surface area contributed by atoms with E-state index >= 15 is 0 Å². The third-order valence-corrected chi connectivity index (χ3v) is 10.6. The van der Waals surface area contributed by atoms with Crippen molar-refractivity contribution in [3.05, 3.63) is 83.7 Å². The molecule has 0 aliphatic carbocycles. The average molecular weight is 808 g/mol. The van der Waals surface area contributed by atoms with E-state index in [-0.39, 0.29) is 24.9 Å².